The number of rotatable bonds is 2. The van der Waals surface area contributed by atoms with Gasteiger partial charge in [0, 0.05) is 30.8 Å². The zero-order valence-corrected chi connectivity index (χ0v) is 18.9. The normalized spacial score (nSPS) is 46.8. The number of halogens is 1. The fraction of sp³-hybridized carbons (Fsp3) is 0.840. The van der Waals surface area contributed by atoms with Crippen LogP contribution in [0.1, 0.15) is 78.1 Å². The largest absolute Gasteiger partial charge is 0.381 e. The number of alkyl halides is 1. The van der Waals surface area contributed by atoms with E-state index < -0.39 is 5.60 Å². The van der Waals surface area contributed by atoms with Crippen LogP contribution in [0.3, 0.4) is 0 Å². The topological polar surface area (TPSA) is 40.3 Å². The Morgan fingerprint density at radius 2 is 1.83 bits per heavy atom. The number of ketones is 1. The summed E-state index contributed by atoms with van der Waals surface area (Å²) in [5, 5.41) is 11.4. The first-order valence-corrected chi connectivity index (χ1v) is 12.5. The molecule has 5 rings (SSSR count). The minimum atomic E-state index is -1.20. The molecule has 4 aliphatic carbocycles. The highest BCUT2D eigenvalue weighted by Crippen LogP contribution is 2.67. The minimum absolute atomic E-state index is 0.0629. The summed E-state index contributed by atoms with van der Waals surface area (Å²) in [6.07, 6.45) is 13.9. The molecule has 3 saturated carbocycles. The van der Waals surface area contributed by atoms with E-state index in [1.807, 2.05) is 0 Å². The van der Waals surface area contributed by atoms with Gasteiger partial charge in [-0.05, 0) is 68.1 Å². The van der Waals surface area contributed by atoms with Crippen LogP contribution in [0.5, 0.6) is 0 Å². The van der Waals surface area contributed by atoms with Gasteiger partial charge in [-0.25, -0.2) is 4.58 Å². The predicted molar refractivity (Wildman–Crippen MR) is 117 cm³/mol. The van der Waals surface area contributed by atoms with Gasteiger partial charge in [-0.3, -0.25) is 4.79 Å². The van der Waals surface area contributed by atoms with Crippen molar-refractivity contribution in [1.82, 2.24) is 0 Å². The summed E-state index contributed by atoms with van der Waals surface area (Å²) < 4.78 is 2.63. The number of nitrogens with zero attached hydrogens (tertiary/aromatic N) is 1. The number of Topliss-reactive ketones (excluding diaryl/α,β-unsaturated/α-hetero) is 1. The molecule has 4 fully saturated rings. The smallest absolute Gasteiger partial charge is 0.179 e. The standard InChI is InChI=1S/C25H37ClNO2/c1-23-10-7-18(27-13-3-4-14-27)15-17(23)5-6-19-20(23)8-11-24(2)21(19)9-12-25(24,29)22(28)16-26/h15,19-21,29H,3-14,16H2,1-2H3/q+1/t19?,20?,21?,23-,24-,25-/m0/s1. The molecular formula is C25H37ClNO2+. The zero-order chi connectivity index (χ0) is 20.4. The molecule has 0 aromatic carbocycles. The van der Waals surface area contributed by atoms with Crippen molar-refractivity contribution in [2.24, 2.45) is 28.6 Å². The molecule has 3 nitrogen and oxygen atoms in total. The number of aliphatic hydroxyl groups is 1. The summed E-state index contributed by atoms with van der Waals surface area (Å²) >= 11 is 5.91. The van der Waals surface area contributed by atoms with Crippen LogP contribution in [-0.2, 0) is 4.79 Å². The third-order valence-corrected chi connectivity index (χ3v) is 10.5. The molecule has 1 aliphatic heterocycles. The number of carbonyl (C=O) groups excluding carboxylic acids is 1. The van der Waals surface area contributed by atoms with Crippen LogP contribution in [0.25, 0.3) is 0 Å². The Hall–Kier alpha value is -0.670. The number of hydrogen-bond donors (Lipinski definition) is 1. The summed E-state index contributed by atoms with van der Waals surface area (Å²) in [4.78, 5) is 12.6. The maximum Gasteiger partial charge on any atom is 0.179 e. The maximum absolute atomic E-state index is 12.6. The maximum atomic E-state index is 12.6. The van der Waals surface area contributed by atoms with Crippen molar-refractivity contribution in [1.29, 1.82) is 0 Å². The zero-order valence-electron chi connectivity index (χ0n) is 18.2. The Bertz CT molecular complexity index is 780. The van der Waals surface area contributed by atoms with Crippen molar-refractivity contribution in [2.45, 2.75) is 83.7 Å². The highest BCUT2D eigenvalue weighted by atomic mass is 35.5. The molecule has 1 N–H and O–H groups in total. The second-order valence-electron chi connectivity index (χ2n) is 11.1. The number of carbonyl (C=O) groups is 1. The summed E-state index contributed by atoms with van der Waals surface area (Å²) in [6, 6.07) is 0. The van der Waals surface area contributed by atoms with Gasteiger partial charge >= 0.3 is 0 Å². The van der Waals surface area contributed by atoms with Crippen molar-refractivity contribution < 1.29 is 14.5 Å². The van der Waals surface area contributed by atoms with Crippen molar-refractivity contribution in [3.63, 3.8) is 0 Å². The summed E-state index contributed by atoms with van der Waals surface area (Å²) in [6.45, 7) is 7.22. The van der Waals surface area contributed by atoms with Gasteiger partial charge in [0.15, 0.2) is 11.5 Å². The molecule has 0 spiro atoms. The first-order chi connectivity index (χ1) is 13.8. The molecule has 0 radical (unpaired) electrons. The second-order valence-corrected chi connectivity index (χ2v) is 11.4. The fourth-order valence-corrected chi connectivity index (χ4v) is 8.63. The molecule has 4 heteroatoms. The van der Waals surface area contributed by atoms with Crippen molar-refractivity contribution in [3.05, 3.63) is 11.6 Å². The van der Waals surface area contributed by atoms with Gasteiger partial charge < -0.3 is 5.11 Å². The molecule has 3 unspecified atom stereocenters. The van der Waals surface area contributed by atoms with Gasteiger partial charge in [0.25, 0.3) is 0 Å². The molecule has 29 heavy (non-hydrogen) atoms. The van der Waals surface area contributed by atoms with Gasteiger partial charge in [-0.2, -0.15) is 0 Å². The molecule has 1 heterocycles. The molecule has 0 aromatic heterocycles. The Kier molecular flexibility index (Phi) is 4.83. The van der Waals surface area contributed by atoms with Crippen LogP contribution in [0.2, 0.25) is 0 Å². The fourth-order valence-electron chi connectivity index (χ4n) is 8.41. The van der Waals surface area contributed by atoms with Crippen LogP contribution >= 0.6 is 11.6 Å². The lowest BCUT2D eigenvalue weighted by molar-refractivity contribution is -0.506. The SMILES string of the molecule is C[C@]12CCC(=[N+]3CCCC3)C=C1CCC1C2CC[C@@]2(C)C1CC[C@]2(O)C(=O)CCl. The average Bonchev–Trinajstić information content (AvgIpc) is 3.34. The summed E-state index contributed by atoms with van der Waals surface area (Å²) in [7, 11) is 0. The molecule has 0 aromatic rings. The average molecular weight is 419 g/mol. The Morgan fingerprint density at radius 1 is 1.10 bits per heavy atom. The molecular weight excluding hydrogens is 382 g/mol. The molecule has 1 saturated heterocycles. The monoisotopic (exact) mass is 418 g/mol. The van der Waals surface area contributed by atoms with E-state index >= 15 is 0 Å². The van der Waals surface area contributed by atoms with Crippen LogP contribution in [0, 0.1) is 28.6 Å². The van der Waals surface area contributed by atoms with Crippen LogP contribution in [-0.4, -0.2) is 45.7 Å². The van der Waals surface area contributed by atoms with E-state index in [0.29, 0.717) is 29.6 Å². The lowest BCUT2D eigenvalue weighted by atomic mass is 9.46. The first kappa shape index (κ1) is 20.2. The van der Waals surface area contributed by atoms with Crippen LogP contribution in [0.15, 0.2) is 11.6 Å². The van der Waals surface area contributed by atoms with Gasteiger partial charge in [0.2, 0.25) is 0 Å². The quantitative estimate of drug-likeness (QED) is 0.520. The number of hydrogen-bond acceptors (Lipinski definition) is 2. The van der Waals surface area contributed by atoms with E-state index in [1.54, 1.807) is 11.3 Å². The number of allylic oxidation sites excluding steroid dienone is 2. The van der Waals surface area contributed by atoms with Crippen LogP contribution in [0.4, 0.5) is 0 Å². The van der Waals surface area contributed by atoms with E-state index in [0.717, 1.165) is 19.3 Å². The molecule has 0 amide bonds. The van der Waals surface area contributed by atoms with E-state index in [-0.39, 0.29) is 17.1 Å². The van der Waals surface area contributed by atoms with E-state index in [2.05, 4.69) is 24.5 Å². The molecule has 6 atom stereocenters. The second kappa shape index (κ2) is 6.92. The van der Waals surface area contributed by atoms with Gasteiger partial charge in [-0.15, -0.1) is 11.6 Å². The predicted octanol–water partition coefficient (Wildman–Crippen LogP) is 4.74. The summed E-state index contributed by atoms with van der Waals surface area (Å²) in [5.41, 5.74) is 2.10. The van der Waals surface area contributed by atoms with Gasteiger partial charge in [0.1, 0.15) is 18.7 Å². The highest BCUT2D eigenvalue weighted by molar-refractivity contribution is 6.29. The number of fused-ring (bicyclic) bond motifs is 5. The lowest BCUT2D eigenvalue weighted by Crippen LogP contribution is -2.57. The van der Waals surface area contributed by atoms with Crippen molar-refractivity contribution in [2.75, 3.05) is 19.0 Å². The van der Waals surface area contributed by atoms with Crippen molar-refractivity contribution >= 4 is 23.1 Å². The van der Waals surface area contributed by atoms with Gasteiger partial charge in [0.05, 0.1) is 5.88 Å². The Morgan fingerprint density at radius 3 is 2.55 bits per heavy atom. The summed E-state index contributed by atoms with van der Waals surface area (Å²) in [5.74, 6) is 1.59. The van der Waals surface area contributed by atoms with Crippen LogP contribution < -0.4 is 0 Å². The van der Waals surface area contributed by atoms with E-state index in [4.69, 9.17) is 11.6 Å². The van der Waals surface area contributed by atoms with E-state index in [9.17, 15) is 9.90 Å². The van der Waals surface area contributed by atoms with Crippen molar-refractivity contribution in [3.8, 4) is 0 Å². The third-order valence-electron chi connectivity index (χ3n) is 10.2. The molecule has 0 bridgehead atoms. The van der Waals surface area contributed by atoms with E-state index in [1.165, 1.54) is 51.6 Å². The molecule has 160 valence electrons. The Balaban J connectivity index is 1.45. The van der Waals surface area contributed by atoms with Gasteiger partial charge in [-0.1, -0.05) is 19.4 Å². The minimum Gasteiger partial charge on any atom is -0.381 e. The Labute approximate surface area is 180 Å². The first-order valence-electron chi connectivity index (χ1n) is 12.0. The molecule has 5 aliphatic rings. The lowest BCUT2D eigenvalue weighted by Gasteiger charge is -2.58. The highest BCUT2D eigenvalue weighted by Gasteiger charge is 2.66. The third kappa shape index (κ3) is 2.72.